The zero-order valence-corrected chi connectivity index (χ0v) is 14.5. The third kappa shape index (κ3) is 3.90. The Balaban J connectivity index is 0.00000176. The summed E-state index contributed by atoms with van der Waals surface area (Å²) in [6.07, 6.45) is 0. The van der Waals surface area contributed by atoms with E-state index in [0.717, 1.165) is 5.56 Å². The molecule has 0 fully saturated rings. The van der Waals surface area contributed by atoms with Gasteiger partial charge in [-0.3, -0.25) is 0 Å². The monoisotopic (exact) mass is 346 g/mol. The Morgan fingerprint density at radius 3 is 1.41 bits per heavy atom. The number of rotatable bonds is 4. The molecule has 3 aromatic carbocycles. The minimum Gasteiger partial charge on any atom is -0.147 e. The van der Waals surface area contributed by atoms with Gasteiger partial charge in [0.15, 0.2) is 0 Å². The maximum Gasteiger partial charge on any atom is 0.0474 e. The molecule has 0 spiro atoms. The molecule has 0 saturated carbocycles. The molecule has 22 heavy (non-hydrogen) atoms. The van der Waals surface area contributed by atoms with Crippen molar-refractivity contribution in [3.63, 3.8) is 0 Å². The predicted molar refractivity (Wildman–Crippen MR) is 102 cm³/mol. The van der Waals surface area contributed by atoms with Crippen molar-refractivity contribution in [3.8, 4) is 0 Å². The van der Waals surface area contributed by atoms with E-state index < -0.39 is 7.92 Å². The van der Waals surface area contributed by atoms with Crippen LogP contribution in [-0.4, -0.2) is 0 Å². The largest absolute Gasteiger partial charge is 0.147 e. The van der Waals surface area contributed by atoms with E-state index in [1.807, 2.05) is 0 Å². The first-order chi connectivity index (χ1) is 10.4. The van der Waals surface area contributed by atoms with Crippen LogP contribution in [-0.2, 0) is 5.88 Å². The van der Waals surface area contributed by atoms with Gasteiger partial charge in [-0.2, -0.15) is 0 Å². The third-order valence-corrected chi connectivity index (χ3v) is 6.13. The van der Waals surface area contributed by atoms with Crippen molar-refractivity contribution in [1.82, 2.24) is 0 Å². The van der Waals surface area contributed by atoms with Crippen molar-refractivity contribution < 1.29 is 0 Å². The van der Waals surface area contributed by atoms with E-state index in [1.54, 1.807) is 0 Å². The molecule has 0 heterocycles. The molecule has 0 bridgehead atoms. The molecule has 0 unspecified atom stereocenters. The second kappa shape index (κ2) is 8.34. The Kier molecular flexibility index (Phi) is 6.46. The molecular formula is C19H17Cl2P. The normalized spacial score (nSPS) is 10.3. The molecule has 3 rings (SSSR count). The summed E-state index contributed by atoms with van der Waals surface area (Å²) in [6, 6.07) is 30.1. The number of halogens is 2. The highest BCUT2D eigenvalue weighted by molar-refractivity contribution is 7.79. The number of benzene rings is 3. The minimum absolute atomic E-state index is 0. The minimum atomic E-state index is -0.506. The van der Waals surface area contributed by atoms with Crippen molar-refractivity contribution in [1.29, 1.82) is 0 Å². The van der Waals surface area contributed by atoms with Gasteiger partial charge in [0, 0.05) is 5.88 Å². The smallest absolute Gasteiger partial charge is 0.0474 e. The molecule has 0 atom stereocenters. The van der Waals surface area contributed by atoms with Crippen molar-refractivity contribution in [3.05, 3.63) is 90.5 Å². The van der Waals surface area contributed by atoms with Crippen LogP contribution in [0.4, 0.5) is 0 Å². The molecule has 3 aromatic rings. The Labute approximate surface area is 144 Å². The van der Waals surface area contributed by atoms with E-state index in [9.17, 15) is 0 Å². The van der Waals surface area contributed by atoms with Crippen LogP contribution in [0.1, 0.15) is 5.56 Å². The molecule has 0 aromatic heterocycles. The average Bonchev–Trinajstić information content (AvgIpc) is 2.58. The van der Waals surface area contributed by atoms with Gasteiger partial charge >= 0.3 is 0 Å². The van der Waals surface area contributed by atoms with Gasteiger partial charge in [-0.25, -0.2) is 0 Å². The van der Waals surface area contributed by atoms with Gasteiger partial charge in [-0.05, 0) is 29.4 Å². The van der Waals surface area contributed by atoms with Crippen LogP contribution in [0.5, 0.6) is 0 Å². The lowest BCUT2D eigenvalue weighted by molar-refractivity contribution is 1.41. The van der Waals surface area contributed by atoms with Crippen molar-refractivity contribution in [2.24, 2.45) is 0 Å². The van der Waals surface area contributed by atoms with Crippen molar-refractivity contribution in [2.45, 2.75) is 5.88 Å². The number of hydrogen-bond donors (Lipinski definition) is 0. The first-order valence-electron chi connectivity index (χ1n) is 6.93. The summed E-state index contributed by atoms with van der Waals surface area (Å²) in [5, 5.41) is 4.10. The number of hydrogen-bond acceptors (Lipinski definition) is 0. The molecule has 0 amide bonds. The lowest BCUT2D eigenvalue weighted by atomic mass is 10.2. The van der Waals surface area contributed by atoms with Crippen molar-refractivity contribution >= 4 is 47.8 Å². The van der Waals surface area contributed by atoms with Gasteiger partial charge in [0.2, 0.25) is 0 Å². The summed E-state index contributed by atoms with van der Waals surface area (Å²) in [6.45, 7) is 0. The molecule has 0 aliphatic carbocycles. The maximum absolute atomic E-state index is 5.90. The van der Waals surface area contributed by atoms with Crippen LogP contribution >= 0.6 is 31.9 Å². The van der Waals surface area contributed by atoms with Crippen LogP contribution in [0.2, 0.25) is 0 Å². The van der Waals surface area contributed by atoms with Gasteiger partial charge in [-0.15, -0.1) is 24.0 Å². The van der Waals surface area contributed by atoms with Gasteiger partial charge in [0.1, 0.15) is 0 Å². The van der Waals surface area contributed by atoms with E-state index in [-0.39, 0.29) is 12.4 Å². The van der Waals surface area contributed by atoms with Crippen molar-refractivity contribution in [2.75, 3.05) is 0 Å². The van der Waals surface area contributed by atoms with Gasteiger partial charge < -0.3 is 0 Å². The van der Waals surface area contributed by atoms with Gasteiger partial charge in [0.05, 0.1) is 0 Å². The average molecular weight is 347 g/mol. The summed E-state index contributed by atoms with van der Waals surface area (Å²) in [7, 11) is -0.506. The Morgan fingerprint density at radius 2 is 1.00 bits per heavy atom. The topological polar surface area (TPSA) is 0 Å². The second-order valence-electron chi connectivity index (χ2n) is 4.81. The van der Waals surface area contributed by atoms with E-state index in [4.69, 9.17) is 11.6 Å². The molecule has 0 nitrogen and oxygen atoms in total. The Hall–Kier alpha value is -1.33. The Bertz CT molecular complexity index is 642. The first-order valence-corrected chi connectivity index (χ1v) is 8.81. The first kappa shape index (κ1) is 17.0. The summed E-state index contributed by atoms with van der Waals surface area (Å²) in [5.41, 5.74) is 1.16. The summed E-state index contributed by atoms with van der Waals surface area (Å²) in [5.74, 6) is 0.564. The second-order valence-corrected chi connectivity index (χ2v) is 7.29. The lowest BCUT2D eigenvalue weighted by Crippen LogP contribution is -2.20. The summed E-state index contributed by atoms with van der Waals surface area (Å²) >= 11 is 5.90. The molecule has 112 valence electrons. The fourth-order valence-corrected chi connectivity index (χ4v) is 4.80. The van der Waals surface area contributed by atoms with Crippen LogP contribution in [0.3, 0.4) is 0 Å². The molecule has 0 radical (unpaired) electrons. The van der Waals surface area contributed by atoms with Gasteiger partial charge in [-0.1, -0.05) is 84.9 Å². The van der Waals surface area contributed by atoms with E-state index >= 15 is 0 Å². The maximum atomic E-state index is 5.90. The number of alkyl halides is 1. The highest BCUT2D eigenvalue weighted by atomic mass is 35.5. The van der Waals surface area contributed by atoms with E-state index in [2.05, 4.69) is 84.9 Å². The summed E-state index contributed by atoms with van der Waals surface area (Å²) in [4.78, 5) is 0. The molecule has 0 N–H and O–H groups in total. The molecule has 3 heteroatoms. The quantitative estimate of drug-likeness (QED) is 0.478. The predicted octanol–water partition coefficient (Wildman–Crippen LogP) is 4.61. The SMILES string of the molecule is Cl.ClCc1ccc(P(c2ccccc2)c2ccccc2)cc1. The Morgan fingerprint density at radius 1 is 0.591 bits per heavy atom. The van der Waals surface area contributed by atoms with Crippen LogP contribution in [0, 0.1) is 0 Å². The van der Waals surface area contributed by atoms with E-state index in [0.29, 0.717) is 5.88 Å². The molecular weight excluding hydrogens is 330 g/mol. The highest BCUT2D eigenvalue weighted by Crippen LogP contribution is 2.32. The standard InChI is InChI=1S/C19H16ClP.ClH/c20-15-16-11-13-19(14-12-16)21(17-7-3-1-4-8-17)18-9-5-2-6-10-18;/h1-14H,15H2;1H. The summed E-state index contributed by atoms with van der Waals surface area (Å²) < 4.78 is 0. The van der Waals surface area contributed by atoms with Crippen LogP contribution in [0.25, 0.3) is 0 Å². The fraction of sp³-hybridized carbons (Fsp3) is 0.0526. The lowest BCUT2D eigenvalue weighted by Gasteiger charge is -2.19. The fourth-order valence-electron chi connectivity index (χ4n) is 2.34. The highest BCUT2D eigenvalue weighted by Gasteiger charge is 2.15. The van der Waals surface area contributed by atoms with Gasteiger partial charge in [0.25, 0.3) is 0 Å². The molecule has 0 aliphatic heterocycles. The molecule has 0 saturated heterocycles. The van der Waals surface area contributed by atoms with Crippen LogP contribution < -0.4 is 15.9 Å². The third-order valence-electron chi connectivity index (χ3n) is 3.38. The van der Waals surface area contributed by atoms with Crippen LogP contribution in [0.15, 0.2) is 84.9 Å². The molecule has 0 aliphatic rings. The zero-order valence-electron chi connectivity index (χ0n) is 12.0. The van der Waals surface area contributed by atoms with E-state index in [1.165, 1.54) is 15.9 Å². The zero-order chi connectivity index (χ0) is 14.5.